The summed E-state index contributed by atoms with van der Waals surface area (Å²) >= 11 is 1.44. The van der Waals surface area contributed by atoms with Crippen LogP contribution in [0.25, 0.3) is 11.0 Å². The predicted molar refractivity (Wildman–Crippen MR) is 88.5 cm³/mol. The Kier molecular flexibility index (Phi) is 4.39. The van der Waals surface area contributed by atoms with E-state index in [2.05, 4.69) is 21.7 Å². The summed E-state index contributed by atoms with van der Waals surface area (Å²) in [6, 6.07) is 7.99. The Hall–Kier alpha value is -2.34. The third-order valence-corrected chi connectivity index (χ3v) is 4.08. The predicted octanol–water partition coefficient (Wildman–Crippen LogP) is 3.29. The number of anilines is 1. The van der Waals surface area contributed by atoms with Crippen LogP contribution in [0.15, 0.2) is 40.3 Å². The van der Waals surface area contributed by atoms with E-state index < -0.39 is 0 Å². The number of rotatable bonds is 6. The minimum absolute atomic E-state index is 0.134. The molecule has 0 radical (unpaired) electrons. The van der Waals surface area contributed by atoms with Crippen molar-refractivity contribution in [1.82, 2.24) is 10.3 Å². The number of benzene rings is 1. The van der Waals surface area contributed by atoms with Gasteiger partial charge in [0.15, 0.2) is 5.13 Å². The summed E-state index contributed by atoms with van der Waals surface area (Å²) in [6.45, 7) is 3.37. The molecule has 0 bridgehead atoms. The highest BCUT2D eigenvalue weighted by molar-refractivity contribution is 7.13. The van der Waals surface area contributed by atoms with Crippen LogP contribution in [0.4, 0.5) is 5.13 Å². The SMILES string of the molecule is CCNc1nc(C(=O)NCCc2ccc3occc3c2)cs1. The summed E-state index contributed by atoms with van der Waals surface area (Å²) in [5, 5.41) is 9.62. The lowest BCUT2D eigenvalue weighted by Crippen LogP contribution is -2.26. The number of furan rings is 1. The molecule has 0 saturated carbocycles. The Labute approximate surface area is 132 Å². The van der Waals surface area contributed by atoms with Crippen LogP contribution in [0.1, 0.15) is 23.0 Å². The summed E-state index contributed by atoms with van der Waals surface area (Å²) in [4.78, 5) is 16.3. The number of fused-ring (bicyclic) bond motifs is 1. The number of amides is 1. The second-order valence-corrected chi connectivity index (χ2v) is 5.73. The van der Waals surface area contributed by atoms with Gasteiger partial charge in [-0.05, 0) is 37.1 Å². The third kappa shape index (κ3) is 3.28. The monoisotopic (exact) mass is 315 g/mol. The van der Waals surface area contributed by atoms with Gasteiger partial charge in [0.25, 0.3) is 5.91 Å². The van der Waals surface area contributed by atoms with Crippen molar-refractivity contribution >= 4 is 33.3 Å². The Morgan fingerprint density at radius 2 is 2.27 bits per heavy atom. The molecule has 22 heavy (non-hydrogen) atoms. The molecule has 0 saturated heterocycles. The molecule has 6 heteroatoms. The summed E-state index contributed by atoms with van der Waals surface area (Å²) in [7, 11) is 0. The molecular weight excluding hydrogens is 298 g/mol. The van der Waals surface area contributed by atoms with Crippen molar-refractivity contribution in [3.05, 3.63) is 47.2 Å². The Morgan fingerprint density at radius 3 is 3.14 bits per heavy atom. The fraction of sp³-hybridized carbons (Fsp3) is 0.250. The van der Waals surface area contributed by atoms with Crippen LogP contribution in [-0.2, 0) is 6.42 Å². The normalized spacial score (nSPS) is 10.8. The second-order valence-electron chi connectivity index (χ2n) is 4.87. The zero-order valence-electron chi connectivity index (χ0n) is 12.3. The first-order chi connectivity index (χ1) is 10.8. The molecule has 0 fully saturated rings. The van der Waals surface area contributed by atoms with Crippen molar-refractivity contribution < 1.29 is 9.21 Å². The van der Waals surface area contributed by atoms with Gasteiger partial charge < -0.3 is 15.1 Å². The minimum Gasteiger partial charge on any atom is -0.464 e. The minimum atomic E-state index is -0.134. The highest BCUT2D eigenvalue weighted by atomic mass is 32.1. The van der Waals surface area contributed by atoms with E-state index in [0.29, 0.717) is 12.2 Å². The van der Waals surface area contributed by atoms with Gasteiger partial charge in [-0.2, -0.15) is 0 Å². The van der Waals surface area contributed by atoms with E-state index in [1.807, 2.05) is 25.1 Å². The number of carbonyl (C=O) groups is 1. The van der Waals surface area contributed by atoms with Crippen molar-refractivity contribution in [2.45, 2.75) is 13.3 Å². The van der Waals surface area contributed by atoms with Gasteiger partial charge in [-0.15, -0.1) is 11.3 Å². The highest BCUT2D eigenvalue weighted by Gasteiger charge is 2.09. The van der Waals surface area contributed by atoms with Gasteiger partial charge in [0.2, 0.25) is 0 Å². The van der Waals surface area contributed by atoms with Crippen LogP contribution in [0.3, 0.4) is 0 Å². The van der Waals surface area contributed by atoms with Crippen molar-refractivity contribution in [3.63, 3.8) is 0 Å². The molecule has 0 aliphatic heterocycles. The Balaban J connectivity index is 1.54. The second kappa shape index (κ2) is 6.62. The Morgan fingerprint density at radius 1 is 1.36 bits per heavy atom. The topological polar surface area (TPSA) is 67.2 Å². The quantitative estimate of drug-likeness (QED) is 0.732. The van der Waals surface area contributed by atoms with Gasteiger partial charge in [-0.3, -0.25) is 4.79 Å². The van der Waals surface area contributed by atoms with E-state index in [9.17, 15) is 4.79 Å². The molecule has 3 rings (SSSR count). The van der Waals surface area contributed by atoms with Crippen LogP contribution < -0.4 is 10.6 Å². The molecule has 0 unspecified atom stereocenters. The summed E-state index contributed by atoms with van der Waals surface area (Å²) in [5.41, 5.74) is 2.51. The van der Waals surface area contributed by atoms with Crippen LogP contribution in [0.5, 0.6) is 0 Å². The lowest BCUT2D eigenvalue weighted by molar-refractivity contribution is 0.0950. The molecule has 3 aromatic rings. The van der Waals surface area contributed by atoms with Gasteiger partial charge in [-0.25, -0.2) is 4.98 Å². The largest absolute Gasteiger partial charge is 0.464 e. The number of nitrogens with zero attached hydrogens (tertiary/aromatic N) is 1. The molecule has 2 N–H and O–H groups in total. The number of nitrogens with one attached hydrogen (secondary N) is 2. The summed E-state index contributed by atoms with van der Waals surface area (Å²) in [6.07, 6.45) is 2.46. The van der Waals surface area contributed by atoms with Gasteiger partial charge in [0.1, 0.15) is 11.3 Å². The number of thiazole rings is 1. The molecule has 0 spiro atoms. The van der Waals surface area contributed by atoms with Gasteiger partial charge in [-0.1, -0.05) is 6.07 Å². The molecule has 2 aromatic heterocycles. The number of hydrogen-bond acceptors (Lipinski definition) is 5. The van der Waals surface area contributed by atoms with E-state index >= 15 is 0 Å². The lowest BCUT2D eigenvalue weighted by Gasteiger charge is -2.04. The van der Waals surface area contributed by atoms with Crippen LogP contribution in [0.2, 0.25) is 0 Å². The van der Waals surface area contributed by atoms with Crippen LogP contribution in [0, 0.1) is 0 Å². The molecule has 2 heterocycles. The smallest absolute Gasteiger partial charge is 0.270 e. The maximum Gasteiger partial charge on any atom is 0.270 e. The maximum atomic E-state index is 12.0. The highest BCUT2D eigenvalue weighted by Crippen LogP contribution is 2.17. The van der Waals surface area contributed by atoms with Crippen molar-refractivity contribution in [2.75, 3.05) is 18.4 Å². The van der Waals surface area contributed by atoms with E-state index in [0.717, 1.165) is 29.1 Å². The number of aromatic nitrogens is 1. The van der Waals surface area contributed by atoms with Crippen molar-refractivity contribution in [2.24, 2.45) is 0 Å². The fourth-order valence-corrected chi connectivity index (χ4v) is 2.95. The molecular formula is C16H17N3O2S. The number of hydrogen-bond donors (Lipinski definition) is 2. The van der Waals surface area contributed by atoms with Crippen molar-refractivity contribution in [3.8, 4) is 0 Å². The number of carbonyl (C=O) groups excluding carboxylic acids is 1. The molecule has 0 aliphatic carbocycles. The summed E-state index contributed by atoms with van der Waals surface area (Å²) in [5.74, 6) is -0.134. The lowest BCUT2D eigenvalue weighted by atomic mass is 10.1. The average molecular weight is 315 g/mol. The third-order valence-electron chi connectivity index (χ3n) is 3.28. The standard InChI is InChI=1S/C16H17N3O2S/c1-2-17-16-19-13(10-22-16)15(20)18-7-5-11-3-4-14-12(9-11)6-8-21-14/h3-4,6,8-10H,2,5,7H2,1H3,(H,17,19)(H,18,20). The van der Waals surface area contributed by atoms with Crippen molar-refractivity contribution in [1.29, 1.82) is 0 Å². The molecule has 5 nitrogen and oxygen atoms in total. The molecule has 0 aliphatic rings. The molecule has 1 aromatic carbocycles. The van der Waals surface area contributed by atoms with Crippen LogP contribution >= 0.6 is 11.3 Å². The zero-order valence-corrected chi connectivity index (χ0v) is 13.1. The first-order valence-corrected chi connectivity index (χ1v) is 8.08. The maximum absolute atomic E-state index is 12.0. The fourth-order valence-electron chi connectivity index (χ4n) is 2.19. The van der Waals surface area contributed by atoms with Gasteiger partial charge in [0, 0.05) is 23.9 Å². The van der Waals surface area contributed by atoms with Gasteiger partial charge >= 0.3 is 0 Å². The first-order valence-electron chi connectivity index (χ1n) is 7.20. The molecule has 1 amide bonds. The zero-order chi connectivity index (χ0) is 15.4. The summed E-state index contributed by atoms with van der Waals surface area (Å²) < 4.78 is 5.31. The van der Waals surface area contributed by atoms with E-state index in [1.54, 1.807) is 11.6 Å². The first kappa shape index (κ1) is 14.6. The van der Waals surface area contributed by atoms with E-state index in [4.69, 9.17) is 4.42 Å². The van der Waals surface area contributed by atoms with Crippen LogP contribution in [-0.4, -0.2) is 24.0 Å². The average Bonchev–Trinajstić information content (AvgIpc) is 3.16. The molecule has 0 atom stereocenters. The molecule has 114 valence electrons. The van der Waals surface area contributed by atoms with Gasteiger partial charge in [0.05, 0.1) is 6.26 Å². The van der Waals surface area contributed by atoms with E-state index in [1.165, 1.54) is 16.9 Å². The Bertz CT molecular complexity index is 778. The van der Waals surface area contributed by atoms with E-state index in [-0.39, 0.29) is 5.91 Å².